The van der Waals surface area contributed by atoms with Gasteiger partial charge in [0, 0.05) is 31.1 Å². The van der Waals surface area contributed by atoms with Crippen molar-refractivity contribution in [1.82, 2.24) is 9.88 Å². The molecule has 7 heteroatoms. The minimum absolute atomic E-state index is 0.0264. The van der Waals surface area contributed by atoms with Gasteiger partial charge in [-0.3, -0.25) is 4.79 Å². The van der Waals surface area contributed by atoms with Crippen molar-refractivity contribution in [2.45, 2.75) is 19.4 Å². The van der Waals surface area contributed by atoms with Gasteiger partial charge in [-0.05, 0) is 18.6 Å². The lowest BCUT2D eigenvalue weighted by Gasteiger charge is -2.40. The Bertz CT molecular complexity index is 854. The van der Waals surface area contributed by atoms with Crippen LogP contribution in [0.15, 0.2) is 36.5 Å². The van der Waals surface area contributed by atoms with E-state index in [1.807, 2.05) is 42.2 Å². The summed E-state index contributed by atoms with van der Waals surface area (Å²) in [5.74, 6) is 4.51. The second kappa shape index (κ2) is 8.02. The van der Waals surface area contributed by atoms with Gasteiger partial charge in [-0.15, -0.1) is 0 Å². The summed E-state index contributed by atoms with van der Waals surface area (Å²) in [6.07, 6.45) is 2.18. The van der Waals surface area contributed by atoms with E-state index < -0.39 is 5.97 Å². The quantitative estimate of drug-likeness (QED) is 0.841. The van der Waals surface area contributed by atoms with Gasteiger partial charge in [0.05, 0.1) is 12.2 Å². The summed E-state index contributed by atoms with van der Waals surface area (Å²) >= 11 is 1.16. The van der Waals surface area contributed by atoms with E-state index in [-0.39, 0.29) is 16.8 Å². The van der Waals surface area contributed by atoms with Gasteiger partial charge in [0.1, 0.15) is 4.88 Å². The van der Waals surface area contributed by atoms with E-state index in [0.717, 1.165) is 23.3 Å². The molecular formula is C19H19N3O3S. The van der Waals surface area contributed by atoms with E-state index in [1.165, 1.54) is 6.20 Å². The molecule has 0 saturated carbocycles. The summed E-state index contributed by atoms with van der Waals surface area (Å²) in [4.78, 5) is 31.8. The molecule has 2 heterocycles. The summed E-state index contributed by atoms with van der Waals surface area (Å²) < 4.78 is 0. The van der Waals surface area contributed by atoms with E-state index in [0.29, 0.717) is 24.8 Å². The van der Waals surface area contributed by atoms with Gasteiger partial charge in [-0.1, -0.05) is 42.4 Å². The summed E-state index contributed by atoms with van der Waals surface area (Å²) in [7, 11) is 0. The monoisotopic (exact) mass is 369 g/mol. The van der Waals surface area contributed by atoms with Gasteiger partial charge in [0.2, 0.25) is 0 Å². The Kier molecular flexibility index (Phi) is 5.54. The first-order valence-electron chi connectivity index (χ1n) is 8.40. The molecule has 0 spiro atoms. The number of hydrogen-bond donors (Lipinski definition) is 1. The minimum Gasteiger partial charge on any atom is -0.477 e. The van der Waals surface area contributed by atoms with E-state index in [1.54, 1.807) is 4.90 Å². The lowest BCUT2D eigenvalue weighted by Crippen LogP contribution is -2.54. The van der Waals surface area contributed by atoms with Crippen LogP contribution in [-0.4, -0.2) is 52.5 Å². The number of rotatable bonds is 3. The zero-order valence-corrected chi connectivity index (χ0v) is 15.2. The molecule has 26 heavy (non-hydrogen) atoms. The van der Waals surface area contributed by atoms with Gasteiger partial charge in [-0.25, -0.2) is 9.78 Å². The highest BCUT2D eigenvalue weighted by atomic mass is 32.1. The highest BCUT2D eigenvalue weighted by Crippen LogP contribution is 2.25. The van der Waals surface area contributed by atoms with Gasteiger partial charge < -0.3 is 14.9 Å². The predicted octanol–water partition coefficient (Wildman–Crippen LogP) is 2.32. The third kappa shape index (κ3) is 4.03. The molecule has 1 aromatic heterocycles. The molecule has 1 saturated heterocycles. The zero-order valence-electron chi connectivity index (χ0n) is 14.4. The SMILES string of the molecule is CCC1CN(c2ncc(C(=O)O)s2)CCN1C(=O)C#Cc1ccccc1. The van der Waals surface area contributed by atoms with Gasteiger partial charge in [0.25, 0.3) is 5.91 Å². The van der Waals surface area contributed by atoms with E-state index >= 15 is 0 Å². The summed E-state index contributed by atoms with van der Waals surface area (Å²) in [5.41, 5.74) is 0.816. The maximum Gasteiger partial charge on any atom is 0.347 e. The van der Waals surface area contributed by atoms with Crippen molar-refractivity contribution < 1.29 is 14.7 Å². The molecule has 0 aliphatic carbocycles. The summed E-state index contributed by atoms with van der Waals surface area (Å²) in [6, 6.07) is 9.46. The molecule has 1 aliphatic heterocycles. The highest BCUT2D eigenvalue weighted by molar-refractivity contribution is 7.17. The second-order valence-electron chi connectivity index (χ2n) is 5.93. The first-order chi connectivity index (χ1) is 12.6. The lowest BCUT2D eigenvalue weighted by molar-refractivity contribution is -0.127. The van der Waals surface area contributed by atoms with Crippen LogP contribution in [-0.2, 0) is 4.79 Å². The fraction of sp³-hybridized carbons (Fsp3) is 0.316. The van der Waals surface area contributed by atoms with Crippen LogP contribution in [0.3, 0.4) is 0 Å². The summed E-state index contributed by atoms with van der Waals surface area (Å²) in [5, 5.41) is 9.73. The number of anilines is 1. The Morgan fingerprint density at radius 2 is 2.08 bits per heavy atom. The maximum atomic E-state index is 12.5. The van der Waals surface area contributed by atoms with Crippen molar-refractivity contribution in [3.63, 3.8) is 0 Å². The Labute approximate surface area is 156 Å². The van der Waals surface area contributed by atoms with Gasteiger partial charge in [0.15, 0.2) is 5.13 Å². The zero-order chi connectivity index (χ0) is 18.5. The van der Waals surface area contributed by atoms with Crippen LogP contribution >= 0.6 is 11.3 Å². The first-order valence-corrected chi connectivity index (χ1v) is 9.22. The molecule has 134 valence electrons. The molecule has 6 nitrogen and oxygen atoms in total. The minimum atomic E-state index is -0.967. The standard InChI is InChI=1S/C19H19N3O3S/c1-2-15-13-21(19-20-12-16(26-19)18(24)25)10-11-22(15)17(23)9-8-14-6-4-3-5-7-14/h3-7,12,15H,2,10-11,13H2,1H3,(H,24,25). The smallest absolute Gasteiger partial charge is 0.347 e. The molecule has 1 aliphatic rings. The van der Waals surface area contributed by atoms with Crippen LogP contribution in [0.1, 0.15) is 28.6 Å². The van der Waals surface area contributed by atoms with Crippen LogP contribution in [0.25, 0.3) is 0 Å². The molecule has 1 atom stereocenters. The number of benzene rings is 1. The average Bonchev–Trinajstić information content (AvgIpc) is 3.17. The normalized spacial score (nSPS) is 16.7. The average molecular weight is 369 g/mol. The molecule has 1 fully saturated rings. The molecular weight excluding hydrogens is 350 g/mol. The van der Waals surface area contributed by atoms with Crippen LogP contribution in [0, 0.1) is 11.8 Å². The van der Waals surface area contributed by atoms with Crippen LogP contribution in [0.2, 0.25) is 0 Å². The van der Waals surface area contributed by atoms with Crippen molar-refractivity contribution >= 4 is 28.3 Å². The Hall–Kier alpha value is -2.85. The number of hydrogen-bond acceptors (Lipinski definition) is 5. The van der Waals surface area contributed by atoms with Crippen molar-refractivity contribution in [3.05, 3.63) is 47.0 Å². The Morgan fingerprint density at radius 3 is 2.73 bits per heavy atom. The number of nitrogens with zero attached hydrogens (tertiary/aromatic N) is 3. The van der Waals surface area contributed by atoms with Crippen LogP contribution in [0.5, 0.6) is 0 Å². The predicted molar refractivity (Wildman–Crippen MR) is 100 cm³/mol. The summed E-state index contributed by atoms with van der Waals surface area (Å²) in [6.45, 7) is 3.82. The third-order valence-electron chi connectivity index (χ3n) is 4.28. The number of amides is 1. The Morgan fingerprint density at radius 1 is 1.31 bits per heavy atom. The van der Waals surface area contributed by atoms with Crippen molar-refractivity contribution in [1.29, 1.82) is 0 Å². The molecule has 0 bridgehead atoms. The van der Waals surface area contributed by atoms with E-state index in [9.17, 15) is 9.59 Å². The number of carbonyl (C=O) groups excluding carboxylic acids is 1. The molecule has 1 N–H and O–H groups in total. The first kappa shape index (κ1) is 18.0. The van der Waals surface area contributed by atoms with Gasteiger partial charge >= 0.3 is 5.97 Å². The molecule has 1 amide bonds. The largest absolute Gasteiger partial charge is 0.477 e. The topological polar surface area (TPSA) is 73.7 Å². The lowest BCUT2D eigenvalue weighted by atomic mass is 10.1. The fourth-order valence-electron chi connectivity index (χ4n) is 2.87. The van der Waals surface area contributed by atoms with Crippen molar-refractivity contribution in [3.8, 4) is 11.8 Å². The molecule has 2 aromatic rings. The molecule has 1 aromatic carbocycles. The van der Waals surface area contributed by atoms with E-state index in [2.05, 4.69) is 16.8 Å². The molecule has 0 radical (unpaired) electrons. The maximum absolute atomic E-state index is 12.5. The molecule has 3 rings (SSSR count). The number of aromatic nitrogens is 1. The number of carboxylic acids is 1. The number of piperazine rings is 1. The van der Waals surface area contributed by atoms with Crippen molar-refractivity contribution in [2.75, 3.05) is 24.5 Å². The van der Waals surface area contributed by atoms with Crippen LogP contribution in [0.4, 0.5) is 5.13 Å². The number of carbonyl (C=O) groups is 2. The van der Waals surface area contributed by atoms with Gasteiger partial charge in [-0.2, -0.15) is 0 Å². The molecule has 1 unspecified atom stereocenters. The second-order valence-corrected chi connectivity index (χ2v) is 6.94. The number of aromatic carboxylic acids is 1. The van der Waals surface area contributed by atoms with Crippen LogP contribution < -0.4 is 4.90 Å². The third-order valence-corrected chi connectivity index (χ3v) is 5.32. The highest BCUT2D eigenvalue weighted by Gasteiger charge is 2.30. The Balaban J connectivity index is 1.68. The van der Waals surface area contributed by atoms with Crippen molar-refractivity contribution in [2.24, 2.45) is 0 Å². The fourth-order valence-corrected chi connectivity index (χ4v) is 3.66. The van der Waals surface area contributed by atoms with E-state index in [4.69, 9.17) is 5.11 Å². The number of carboxylic acid groups (broad SMARTS) is 1. The number of thiazole rings is 1.